The second-order valence-corrected chi connectivity index (χ2v) is 4.15. The smallest absolute Gasteiger partial charge is 0.244 e. The van der Waals surface area contributed by atoms with Crippen molar-refractivity contribution in [2.75, 3.05) is 6.61 Å². The Morgan fingerprint density at radius 3 is 2.56 bits per heavy atom. The molecule has 1 N–H and O–H groups in total. The Balaban J connectivity index is 2.53. The highest BCUT2D eigenvalue weighted by molar-refractivity contribution is 5.91. The zero-order valence-electron chi connectivity index (χ0n) is 11.3. The monoisotopic (exact) mass is 247 g/mol. The second kappa shape index (κ2) is 7.54. The summed E-state index contributed by atoms with van der Waals surface area (Å²) in [4.78, 5) is 11.5. The summed E-state index contributed by atoms with van der Waals surface area (Å²) < 4.78 is 5.35. The molecular weight excluding hydrogens is 226 g/mol. The first-order valence-corrected chi connectivity index (χ1v) is 6.37. The molecule has 18 heavy (non-hydrogen) atoms. The summed E-state index contributed by atoms with van der Waals surface area (Å²) in [6, 6.07) is 7.86. The van der Waals surface area contributed by atoms with E-state index in [-0.39, 0.29) is 11.9 Å². The molecule has 0 aliphatic heterocycles. The number of hydrogen-bond acceptors (Lipinski definition) is 2. The van der Waals surface area contributed by atoms with Gasteiger partial charge in [0.05, 0.1) is 6.61 Å². The largest absolute Gasteiger partial charge is 0.494 e. The molecule has 3 nitrogen and oxygen atoms in total. The van der Waals surface area contributed by atoms with Crippen LogP contribution in [0.2, 0.25) is 0 Å². The van der Waals surface area contributed by atoms with Crippen molar-refractivity contribution in [3.05, 3.63) is 35.9 Å². The third-order valence-electron chi connectivity index (χ3n) is 2.62. The van der Waals surface area contributed by atoms with Crippen LogP contribution in [-0.4, -0.2) is 18.6 Å². The summed E-state index contributed by atoms with van der Waals surface area (Å²) >= 11 is 0. The minimum absolute atomic E-state index is 0.0572. The first-order chi connectivity index (χ1) is 8.65. The van der Waals surface area contributed by atoms with Crippen LogP contribution in [0.25, 0.3) is 6.08 Å². The van der Waals surface area contributed by atoms with E-state index in [9.17, 15) is 4.79 Å². The topological polar surface area (TPSA) is 38.3 Å². The van der Waals surface area contributed by atoms with Gasteiger partial charge in [-0.15, -0.1) is 0 Å². The zero-order chi connectivity index (χ0) is 13.4. The van der Waals surface area contributed by atoms with E-state index < -0.39 is 0 Å². The lowest BCUT2D eigenvalue weighted by Gasteiger charge is -2.08. The van der Waals surface area contributed by atoms with Gasteiger partial charge in [-0.05, 0) is 44.0 Å². The number of carbonyl (C=O) groups excluding carboxylic acids is 1. The highest BCUT2D eigenvalue weighted by atomic mass is 16.5. The molecule has 0 bridgehead atoms. The Morgan fingerprint density at radius 2 is 2.00 bits per heavy atom. The van der Waals surface area contributed by atoms with E-state index >= 15 is 0 Å². The summed E-state index contributed by atoms with van der Waals surface area (Å²) in [5, 5.41) is 2.88. The number of nitrogens with one attached hydrogen (secondary N) is 1. The maximum Gasteiger partial charge on any atom is 0.244 e. The van der Waals surface area contributed by atoms with Crippen LogP contribution in [-0.2, 0) is 4.79 Å². The van der Waals surface area contributed by atoms with Gasteiger partial charge in [-0.25, -0.2) is 0 Å². The molecule has 0 saturated heterocycles. The van der Waals surface area contributed by atoms with Crippen LogP contribution < -0.4 is 10.1 Å². The van der Waals surface area contributed by atoms with Crippen molar-refractivity contribution in [3.63, 3.8) is 0 Å². The molecule has 0 saturated carbocycles. The van der Waals surface area contributed by atoms with Gasteiger partial charge in [0.25, 0.3) is 0 Å². The number of carbonyl (C=O) groups is 1. The fourth-order valence-corrected chi connectivity index (χ4v) is 1.41. The van der Waals surface area contributed by atoms with Gasteiger partial charge in [-0.2, -0.15) is 0 Å². The molecule has 3 heteroatoms. The van der Waals surface area contributed by atoms with Crippen molar-refractivity contribution in [1.82, 2.24) is 5.32 Å². The second-order valence-electron chi connectivity index (χ2n) is 4.15. The Morgan fingerprint density at radius 1 is 1.33 bits per heavy atom. The molecule has 0 aromatic heterocycles. The zero-order valence-corrected chi connectivity index (χ0v) is 11.3. The quantitative estimate of drug-likeness (QED) is 0.785. The molecule has 98 valence electrons. The van der Waals surface area contributed by atoms with E-state index in [1.807, 2.05) is 45.0 Å². The fraction of sp³-hybridized carbons (Fsp3) is 0.400. The predicted octanol–water partition coefficient (Wildman–Crippen LogP) is 3.01. The lowest BCUT2D eigenvalue weighted by molar-refractivity contribution is -0.117. The maximum absolute atomic E-state index is 11.5. The van der Waals surface area contributed by atoms with Crippen LogP contribution >= 0.6 is 0 Å². The molecule has 0 aliphatic rings. The molecule has 0 aliphatic carbocycles. The number of ether oxygens (including phenoxy) is 1. The third kappa shape index (κ3) is 5.04. The van der Waals surface area contributed by atoms with E-state index in [1.54, 1.807) is 12.2 Å². The summed E-state index contributed by atoms with van der Waals surface area (Å²) in [6.07, 6.45) is 4.29. The van der Waals surface area contributed by atoms with E-state index in [2.05, 4.69) is 5.32 Å². The normalized spacial score (nSPS) is 12.4. The third-order valence-corrected chi connectivity index (χ3v) is 2.62. The van der Waals surface area contributed by atoms with Gasteiger partial charge in [0.1, 0.15) is 5.75 Å². The van der Waals surface area contributed by atoms with Crippen LogP contribution in [0.15, 0.2) is 30.3 Å². The van der Waals surface area contributed by atoms with Gasteiger partial charge < -0.3 is 10.1 Å². The first-order valence-electron chi connectivity index (χ1n) is 6.37. The molecule has 0 heterocycles. The fourth-order valence-electron chi connectivity index (χ4n) is 1.41. The maximum atomic E-state index is 11.5. The van der Waals surface area contributed by atoms with E-state index in [0.29, 0.717) is 6.61 Å². The predicted molar refractivity (Wildman–Crippen MR) is 74.5 cm³/mol. The minimum Gasteiger partial charge on any atom is -0.494 e. The van der Waals surface area contributed by atoms with E-state index in [0.717, 1.165) is 17.7 Å². The van der Waals surface area contributed by atoms with Crippen molar-refractivity contribution < 1.29 is 9.53 Å². The minimum atomic E-state index is -0.0572. The molecular formula is C15H21NO2. The van der Waals surface area contributed by atoms with Crippen molar-refractivity contribution in [1.29, 1.82) is 0 Å². The number of rotatable bonds is 6. The highest BCUT2D eigenvalue weighted by Crippen LogP contribution is 2.12. The van der Waals surface area contributed by atoms with E-state index in [4.69, 9.17) is 4.74 Å². The van der Waals surface area contributed by atoms with Crippen molar-refractivity contribution in [2.45, 2.75) is 33.2 Å². The summed E-state index contributed by atoms with van der Waals surface area (Å²) in [6.45, 7) is 6.64. The van der Waals surface area contributed by atoms with Crippen LogP contribution in [0.5, 0.6) is 5.75 Å². The molecule has 1 aromatic carbocycles. The molecule has 1 rings (SSSR count). The number of hydrogen-bond donors (Lipinski definition) is 1. The van der Waals surface area contributed by atoms with Crippen LogP contribution in [0.4, 0.5) is 0 Å². The van der Waals surface area contributed by atoms with Crippen molar-refractivity contribution in [2.24, 2.45) is 0 Å². The van der Waals surface area contributed by atoms with Crippen LogP contribution in [0, 0.1) is 0 Å². The van der Waals surface area contributed by atoms with Gasteiger partial charge in [-0.3, -0.25) is 4.79 Å². The first kappa shape index (κ1) is 14.3. The Bertz CT molecular complexity index is 395. The Kier molecular flexibility index (Phi) is 5.98. The summed E-state index contributed by atoms with van der Waals surface area (Å²) in [7, 11) is 0. The Labute approximate surface area is 109 Å². The number of benzene rings is 1. The lowest BCUT2D eigenvalue weighted by Crippen LogP contribution is -2.30. The van der Waals surface area contributed by atoms with Crippen LogP contribution in [0.3, 0.4) is 0 Å². The SMILES string of the molecule is CCOc1ccc(/C=C/C(=O)NC(C)CC)cc1. The summed E-state index contributed by atoms with van der Waals surface area (Å²) in [5.41, 5.74) is 0.984. The number of amides is 1. The molecule has 1 aromatic rings. The molecule has 1 atom stereocenters. The lowest BCUT2D eigenvalue weighted by atomic mass is 10.2. The molecule has 1 amide bonds. The van der Waals surface area contributed by atoms with Crippen molar-refractivity contribution >= 4 is 12.0 Å². The van der Waals surface area contributed by atoms with Gasteiger partial charge in [0, 0.05) is 12.1 Å². The molecule has 0 radical (unpaired) electrons. The average Bonchev–Trinajstić information content (AvgIpc) is 2.38. The van der Waals surface area contributed by atoms with Crippen molar-refractivity contribution in [3.8, 4) is 5.75 Å². The van der Waals surface area contributed by atoms with Crippen LogP contribution in [0.1, 0.15) is 32.8 Å². The Hall–Kier alpha value is -1.77. The average molecular weight is 247 g/mol. The highest BCUT2D eigenvalue weighted by Gasteiger charge is 2.00. The molecule has 1 unspecified atom stereocenters. The standard InChI is InChI=1S/C15H21NO2/c1-4-12(3)16-15(17)11-8-13-6-9-14(10-7-13)18-5-2/h6-12H,4-5H2,1-3H3,(H,16,17)/b11-8+. The molecule has 0 fully saturated rings. The summed E-state index contributed by atoms with van der Waals surface area (Å²) in [5.74, 6) is 0.789. The van der Waals surface area contributed by atoms with Gasteiger partial charge in [0.15, 0.2) is 0 Å². The van der Waals surface area contributed by atoms with Gasteiger partial charge >= 0.3 is 0 Å². The van der Waals surface area contributed by atoms with Gasteiger partial charge in [-0.1, -0.05) is 19.1 Å². The van der Waals surface area contributed by atoms with E-state index in [1.165, 1.54) is 0 Å². The van der Waals surface area contributed by atoms with Gasteiger partial charge in [0.2, 0.25) is 5.91 Å². The molecule has 0 spiro atoms.